The van der Waals surface area contributed by atoms with Crippen molar-refractivity contribution in [3.8, 4) is 5.75 Å². The van der Waals surface area contributed by atoms with Crippen molar-refractivity contribution in [3.05, 3.63) is 29.3 Å². The number of hydrogen-bond acceptors (Lipinski definition) is 3. The molecule has 0 aliphatic rings. The van der Waals surface area contributed by atoms with Gasteiger partial charge >= 0.3 is 6.18 Å². The van der Waals surface area contributed by atoms with Gasteiger partial charge in [-0.25, -0.2) is 8.78 Å². The van der Waals surface area contributed by atoms with Crippen LogP contribution in [0.5, 0.6) is 5.75 Å². The maximum absolute atomic E-state index is 13.6. The highest BCUT2D eigenvalue weighted by molar-refractivity contribution is 5.31. The van der Waals surface area contributed by atoms with Crippen molar-refractivity contribution in [2.24, 2.45) is 5.73 Å². The summed E-state index contributed by atoms with van der Waals surface area (Å²) in [7, 11) is 0. The van der Waals surface area contributed by atoms with E-state index in [1.165, 1.54) is 0 Å². The first kappa shape index (κ1) is 17.6. The lowest BCUT2D eigenvalue weighted by molar-refractivity contribution is -0.174. The maximum Gasteiger partial charge on any atom is 0.411 e. The third-order valence-corrected chi connectivity index (χ3v) is 2.44. The maximum atomic E-state index is 13.6. The molecule has 8 heteroatoms. The van der Waals surface area contributed by atoms with Gasteiger partial charge in [-0.2, -0.15) is 13.2 Å². The first-order chi connectivity index (χ1) is 9.83. The number of rotatable bonds is 8. The average Bonchev–Trinajstić information content (AvgIpc) is 2.35. The minimum Gasteiger partial charge on any atom is -0.488 e. The van der Waals surface area contributed by atoms with E-state index in [1.54, 1.807) is 0 Å². The van der Waals surface area contributed by atoms with Crippen molar-refractivity contribution in [1.29, 1.82) is 0 Å². The Morgan fingerprint density at radius 3 is 2.19 bits per heavy atom. The molecule has 0 amide bonds. The Morgan fingerprint density at radius 1 is 1.05 bits per heavy atom. The Morgan fingerprint density at radius 2 is 1.67 bits per heavy atom. The summed E-state index contributed by atoms with van der Waals surface area (Å²) in [6, 6.07) is 2.23. The van der Waals surface area contributed by atoms with E-state index >= 15 is 0 Å². The number of ether oxygens (including phenoxy) is 2. The summed E-state index contributed by atoms with van der Waals surface area (Å²) in [6.07, 6.45) is -3.98. The van der Waals surface area contributed by atoms with Crippen LogP contribution in [0.1, 0.15) is 12.0 Å². The number of halogens is 5. The SMILES string of the molecule is NCCc1cc(F)c(OCCCOCC(F)(F)F)c(F)c1. The van der Waals surface area contributed by atoms with E-state index in [4.69, 9.17) is 10.5 Å². The number of benzene rings is 1. The molecule has 0 radical (unpaired) electrons. The number of alkyl halides is 3. The quantitative estimate of drug-likeness (QED) is 0.593. The van der Waals surface area contributed by atoms with Crippen LogP contribution in [0.15, 0.2) is 12.1 Å². The molecule has 1 aromatic rings. The Balaban J connectivity index is 2.38. The van der Waals surface area contributed by atoms with Crippen molar-refractivity contribution in [2.75, 3.05) is 26.4 Å². The summed E-state index contributed by atoms with van der Waals surface area (Å²) in [5.41, 5.74) is 5.70. The zero-order valence-corrected chi connectivity index (χ0v) is 11.2. The van der Waals surface area contributed by atoms with Crippen molar-refractivity contribution in [1.82, 2.24) is 0 Å². The van der Waals surface area contributed by atoms with Crippen molar-refractivity contribution in [3.63, 3.8) is 0 Å². The molecule has 0 aliphatic heterocycles. The third-order valence-electron chi connectivity index (χ3n) is 2.44. The molecular formula is C13H16F5NO2. The van der Waals surface area contributed by atoms with E-state index in [0.717, 1.165) is 12.1 Å². The van der Waals surface area contributed by atoms with Crippen LogP contribution >= 0.6 is 0 Å². The smallest absolute Gasteiger partial charge is 0.411 e. The molecule has 120 valence electrons. The third kappa shape index (κ3) is 6.72. The summed E-state index contributed by atoms with van der Waals surface area (Å²) < 4.78 is 71.7. The molecule has 0 aromatic heterocycles. The molecule has 2 N–H and O–H groups in total. The van der Waals surface area contributed by atoms with E-state index in [-0.39, 0.29) is 26.2 Å². The van der Waals surface area contributed by atoms with Crippen LogP contribution in [-0.4, -0.2) is 32.5 Å². The van der Waals surface area contributed by atoms with Crippen molar-refractivity contribution < 1.29 is 31.4 Å². The molecule has 0 heterocycles. The van der Waals surface area contributed by atoms with Crippen LogP contribution in [0.4, 0.5) is 22.0 Å². The molecule has 21 heavy (non-hydrogen) atoms. The highest BCUT2D eigenvalue weighted by Gasteiger charge is 2.27. The Hall–Kier alpha value is -1.41. The predicted molar refractivity (Wildman–Crippen MR) is 66.1 cm³/mol. The van der Waals surface area contributed by atoms with Crippen LogP contribution in [-0.2, 0) is 11.2 Å². The molecule has 0 unspecified atom stereocenters. The molecule has 0 aliphatic carbocycles. The lowest BCUT2D eigenvalue weighted by atomic mass is 10.1. The van der Waals surface area contributed by atoms with Crippen LogP contribution < -0.4 is 10.5 Å². The molecule has 1 aromatic carbocycles. The summed E-state index contributed by atoms with van der Waals surface area (Å²) >= 11 is 0. The zero-order valence-electron chi connectivity index (χ0n) is 11.2. The molecule has 0 spiro atoms. The molecule has 3 nitrogen and oxygen atoms in total. The van der Waals surface area contributed by atoms with Crippen LogP contribution in [0.3, 0.4) is 0 Å². The minimum atomic E-state index is -4.39. The number of hydrogen-bond donors (Lipinski definition) is 1. The molecule has 1 rings (SSSR count). The van der Waals surface area contributed by atoms with E-state index < -0.39 is 30.2 Å². The monoisotopic (exact) mass is 313 g/mol. The second-order valence-electron chi connectivity index (χ2n) is 4.30. The van der Waals surface area contributed by atoms with Gasteiger partial charge in [0.25, 0.3) is 0 Å². The first-order valence-corrected chi connectivity index (χ1v) is 6.29. The lowest BCUT2D eigenvalue weighted by Gasteiger charge is -2.11. The summed E-state index contributed by atoms with van der Waals surface area (Å²) in [4.78, 5) is 0. The van der Waals surface area contributed by atoms with E-state index in [0.29, 0.717) is 12.0 Å². The molecule has 0 fully saturated rings. The fraction of sp³-hybridized carbons (Fsp3) is 0.538. The van der Waals surface area contributed by atoms with Gasteiger partial charge < -0.3 is 15.2 Å². The van der Waals surface area contributed by atoms with Crippen LogP contribution in [0, 0.1) is 11.6 Å². The topological polar surface area (TPSA) is 44.5 Å². The Labute approximate surface area is 118 Å². The molecule has 0 bridgehead atoms. The molecule has 0 atom stereocenters. The van der Waals surface area contributed by atoms with E-state index in [1.807, 2.05) is 0 Å². The van der Waals surface area contributed by atoms with Crippen LogP contribution in [0.2, 0.25) is 0 Å². The van der Waals surface area contributed by atoms with E-state index in [9.17, 15) is 22.0 Å². The summed E-state index contributed by atoms with van der Waals surface area (Å²) in [5, 5.41) is 0. The molecule has 0 saturated heterocycles. The molecular weight excluding hydrogens is 297 g/mol. The average molecular weight is 313 g/mol. The predicted octanol–water partition coefficient (Wildman–Crippen LogP) is 2.81. The normalized spacial score (nSPS) is 11.7. The highest BCUT2D eigenvalue weighted by atomic mass is 19.4. The van der Waals surface area contributed by atoms with E-state index in [2.05, 4.69) is 4.74 Å². The highest BCUT2D eigenvalue weighted by Crippen LogP contribution is 2.23. The lowest BCUT2D eigenvalue weighted by Crippen LogP contribution is -2.18. The van der Waals surface area contributed by atoms with Gasteiger partial charge in [-0.1, -0.05) is 0 Å². The van der Waals surface area contributed by atoms with Crippen molar-refractivity contribution in [2.45, 2.75) is 19.0 Å². The van der Waals surface area contributed by atoms with Crippen LogP contribution in [0.25, 0.3) is 0 Å². The zero-order chi connectivity index (χ0) is 15.9. The standard InChI is InChI=1S/C13H16F5NO2/c14-10-6-9(2-3-19)7-11(15)12(10)21-5-1-4-20-8-13(16,17)18/h6-7H,1-5,8,19H2. The van der Waals surface area contributed by atoms with Gasteiger partial charge in [0.15, 0.2) is 17.4 Å². The van der Waals surface area contributed by atoms with Gasteiger partial charge in [0.05, 0.1) is 13.2 Å². The number of nitrogens with two attached hydrogens (primary N) is 1. The first-order valence-electron chi connectivity index (χ1n) is 6.29. The van der Waals surface area contributed by atoms with Gasteiger partial charge in [-0.15, -0.1) is 0 Å². The molecule has 0 saturated carbocycles. The summed E-state index contributed by atoms with van der Waals surface area (Å²) in [5.74, 6) is -2.28. The second kappa shape index (κ2) is 8.14. The Bertz CT molecular complexity index is 428. The van der Waals surface area contributed by atoms with Gasteiger partial charge in [0.1, 0.15) is 6.61 Å². The minimum absolute atomic E-state index is 0.0828. The largest absolute Gasteiger partial charge is 0.488 e. The van der Waals surface area contributed by atoms with Crippen molar-refractivity contribution >= 4 is 0 Å². The van der Waals surface area contributed by atoms with Gasteiger partial charge in [0.2, 0.25) is 0 Å². The fourth-order valence-corrected chi connectivity index (χ4v) is 1.58. The van der Waals surface area contributed by atoms with Gasteiger partial charge in [0, 0.05) is 6.42 Å². The van der Waals surface area contributed by atoms with Gasteiger partial charge in [-0.05, 0) is 30.7 Å². The second-order valence-corrected chi connectivity index (χ2v) is 4.30. The summed E-state index contributed by atoms with van der Waals surface area (Å²) in [6.45, 7) is -1.46. The van der Waals surface area contributed by atoms with Gasteiger partial charge in [-0.3, -0.25) is 0 Å². The Kier molecular flexibility index (Phi) is 6.83. The fourth-order valence-electron chi connectivity index (χ4n) is 1.58.